The van der Waals surface area contributed by atoms with Crippen molar-refractivity contribution in [3.05, 3.63) is 29.3 Å². The number of benzene rings is 1. The Bertz CT molecular complexity index is 453. The van der Waals surface area contributed by atoms with E-state index in [-0.39, 0.29) is 0 Å². The summed E-state index contributed by atoms with van der Waals surface area (Å²) < 4.78 is 5.14. The molecule has 0 heterocycles. The van der Waals surface area contributed by atoms with Gasteiger partial charge < -0.3 is 4.74 Å². The quantitative estimate of drug-likeness (QED) is 0.560. The summed E-state index contributed by atoms with van der Waals surface area (Å²) in [5, 5.41) is 9.05. The van der Waals surface area contributed by atoms with Gasteiger partial charge in [-0.1, -0.05) is 0 Å². The van der Waals surface area contributed by atoms with Crippen LogP contribution in [0.4, 0.5) is 5.69 Å². The van der Waals surface area contributed by atoms with E-state index in [4.69, 9.17) is 5.26 Å². The van der Waals surface area contributed by atoms with Crippen molar-refractivity contribution in [1.29, 1.82) is 5.26 Å². The van der Waals surface area contributed by atoms with Crippen LogP contribution in [0.15, 0.2) is 18.2 Å². The van der Waals surface area contributed by atoms with Gasteiger partial charge in [-0.25, -0.2) is 4.79 Å². The fraction of sp³-hybridized carbons (Fsp3) is 0.333. The zero-order chi connectivity index (χ0) is 12.3. The Hall–Kier alpha value is -1.86. The van der Waals surface area contributed by atoms with Crippen molar-refractivity contribution in [2.24, 2.45) is 0 Å². The normalized spacial score (nSPS) is 10.7. The van der Waals surface area contributed by atoms with Gasteiger partial charge in [0.2, 0.25) is 0 Å². The third kappa shape index (κ3) is 2.38. The molecule has 0 fully saturated rings. The maximum Gasteiger partial charge on any atom is 0.337 e. The first kappa shape index (κ1) is 12.2. The molecule has 0 spiro atoms. The molecule has 0 aromatic heterocycles. The van der Waals surface area contributed by atoms with Crippen LogP contribution in [0.3, 0.4) is 0 Å². The average molecular weight is 219 g/mol. The van der Waals surface area contributed by atoms with E-state index in [0.717, 1.165) is 5.69 Å². The molecule has 1 aromatic rings. The fourth-order valence-electron chi connectivity index (χ4n) is 1.46. The molecule has 0 radical (unpaired) electrons. The van der Waals surface area contributed by atoms with Gasteiger partial charge in [0.25, 0.3) is 0 Å². The smallest absolute Gasteiger partial charge is 0.337 e. The van der Waals surface area contributed by atoms with Crippen LogP contribution < -0.4 is 4.48 Å². The summed E-state index contributed by atoms with van der Waals surface area (Å²) in [4.78, 5) is 11.3. The Labute approximate surface area is 95.3 Å². The Morgan fingerprint density at radius 3 is 2.44 bits per heavy atom. The maximum atomic E-state index is 11.3. The average Bonchev–Trinajstić information content (AvgIpc) is 2.25. The van der Waals surface area contributed by atoms with Crippen molar-refractivity contribution >= 4 is 11.7 Å². The first-order valence-corrected chi connectivity index (χ1v) is 4.84. The molecule has 0 aliphatic heterocycles. The molecule has 4 nitrogen and oxygen atoms in total. The predicted octanol–water partition coefficient (Wildman–Crippen LogP) is 1.54. The van der Waals surface area contributed by atoms with Gasteiger partial charge in [0.15, 0.2) is 0 Å². The molecule has 1 aromatic carbocycles. The van der Waals surface area contributed by atoms with Crippen LogP contribution >= 0.6 is 0 Å². The number of esters is 1. The van der Waals surface area contributed by atoms with Crippen molar-refractivity contribution in [1.82, 2.24) is 4.48 Å². The Kier molecular flexibility index (Phi) is 3.31. The van der Waals surface area contributed by atoms with Crippen molar-refractivity contribution < 1.29 is 9.53 Å². The number of nitrogens with zero attached hydrogens (tertiary/aromatic N) is 2. The second-order valence-electron chi connectivity index (χ2n) is 4.35. The zero-order valence-electron chi connectivity index (χ0n) is 9.94. The molecule has 0 aliphatic carbocycles. The molecule has 0 atom stereocenters. The topological polar surface area (TPSA) is 50.1 Å². The predicted molar refractivity (Wildman–Crippen MR) is 62.1 cm³/mol. The van der Waals surface area contributed by atoms with Gasteiger partial charge in [0.05, 0.1) is 33.8 Å². The van der Waals surface area contributed by atoms with E-state index in [2.05, 4.69) is 10.8 Å². The van der Waals surface area contributed by atoms with Crippen LogP contribution in [-0.2, 0) is 4.74 Å². The van der Waals surface area contributed by atoms with Gasteiger partial charge in [-0.3, -0.25) is 4.48 Å². The molecule has 16 heavy (non-hydrogen) atoms. The molecular weight excluding hydrogens is 204 g/mol. The van der Waals surface area contributed by atoms with Crippen molar-refractivity contribution in [3.8, 4) is 6.07 Å². The molecule has 4 heteroatoms. The van der Waals surface area contributed by atoms with Gasteiger partial charge in [-0.15, -0.1) is 0 Å². The van der Waals surface area contributed by atoms with Crippen LogP contribution in [0, 0.1) is 11.3 Å². The van der Waals surface area contributed by atoms with E-state index in [9.17, 15) is 4.79 Å². The summed E-state index contributed by atoms with van der Waals surface area (Å²) in [6, 6.07) is 7.11. The summed E-state index contributed by atoms with van der Waals surface area (Å²) in [7, 11) is 7.22. The number of quaternary nitrogens is 1. The molecule has 0 bridgehead atoms. The van der Waals surface area contributed by atoms with Crippen LogP contribution in [0.1, 0.15) is 15.9 Å². The number of carbonyl (C=O) groups excluding carboxylic acids is 1. The monoisotopic (exact) mass is 219 g/mol. The third-order valence-corrected chi connectivity index (χ3v) is 2.26. The first-order chi connectivity index (χ1) is 7.40. The lowest BCUT2D eigenvalue weighted by molar-refractivity contribution is 0.0600. The number of ether oxygens (including phenoxy) is 1. The van der Waals surface area contributed by atoms with Gasteiger partial charge >= 0.3 is 5.97 Å². The zero-order valence-corrected chi connectivity index (χ0v) is 9.94. The van der Waals surface area contributed by atoms with E-state index in [1.54, 1.807) is 18.2 Å². The minimum absolute atomic E-state index is 0.399. The lowest BCUT2D eigenvalue weighted by Gasteiger charge is -2.24. The summed E-state index contributed by atoms with van der Waals surface area (Å²) >= 11 is 0. The minimum Gasteiger partial charge on any atom is -0.465 e. The lowest BCUT2D eigenvalue weighted by atomic mass is 10.1. The molecule has 0 saturated carbocycles. The maximum absolute atomic E-state index is 11.3. The fourth-order valence-corrected chi connectivity index (χ4v) is 1.46. The number of nitriles is 1. The van der Waals surface area contributed by atoms with E-state index < -0.39 is 5.97 Å². The van der Waals surface area contributed by atoms with E-state index in [0.29, 0.717) is 15.6 Å². The van der Waals surface area contributed by atoms with E-state index >= 15 is 0 Å². The van der Waals surface area contributed by atoms with Gasteiger partial charge in [-0.05, 0) is 12.1 Å². The number of methoxy groups -OCH3 is 1. The highest BCUT2D eigenvalue weighted by molar-refractivity contribution is 5.90. The summed E-state index contributed by atoms with van der Waals surface area (Å²) in [6.07, 6.45) is 0. The molecule has 84 valence electrons. The SMILES string of the molecule is COC(=O)c1ccc([N+](C)(C)C)c(C#N)c1. The number of rotatable bonds is 2. The van der Waals surface area contributed by atoms with Crippen LogP contribution in [0.5, 0.6) is 0 Å². The van der Waals surface area contributed by atoms with Crippen molar-refractivity contribution in [2.45, 2.75) is 0 Å². The molecule has 0 saturated heterocycles. The van der Waals surface area contributed by atoms with Crippen LogP contribution in [0.2, 0.25) is 0 Å². The summed E-state index contributed by atoms with van der Waals surface area (Å²) in [6.45, 7) is 0. The van der Waals surface area contributed by atoms with Crippen molar-refractivity contribution in [2.75, 3.05) is 28.3 Å². The molecule has 0 amide bonds. The van der Waals surface area contributed by atoms with E-state index in [1.807, 2.05) is 21.1 Å². The third-order valence-electron chi connectivity index (χ3n) is 2.26. The van der Waals surface area contributed by atoms with E-state index in [1.165, 1.54) is 7.11 Å². The minimum atomic E-state index is -0.426. The summed E-state index contributed by atoms with van der Waals surface area (Å²) in [5.41, 5.74) is 1.77. The van der Waals surface area contributed by atoms with Gasteiger partial charge in [0.1, 0.15) is 17.3 Å². The molecule has 0 N–H and O–H groups in total. The van der Waals surface area contributed by atoms with Gasteiger partial charge in [-0.2, -0.15) is 5.26 Å². The summed E-state index contributed by atoms with van der Waals surface area (Å²) in [5.74, 6) is -0.426. The van der Waals surface area contributed by atoms with Crippen molar-refractivity contribution in [3.63, 3.8) is 0 Å². The highest BCUT2D eigenvalue weighted by Crippen LogP contribution is 2.23. The standard InChI is InChI=1S/C12H15N2O2/c1-14(2,3)11-6-5-9(12(15)16-4)7-10(11)8-13/h5-7H,1-4H3/q+1. The number of hydrogen-bond acceptors (Lipinski definition) is 3. The van der Waals surface area contributed by atoms with Crippen LogP contribution in [-0.4, -0.2) is 34.2 Å². The number of carbonyl (C=O) groups is 1. The molecule has 0 aliphatic rings. The molecule has 0 unspecified atom stereocenters. The molecule has 1 rings (SSSR count). The first-order valence-electron chi connectivity index (χ1n) is 4.84. The Morgan fingerprint density at radius 1 is 1.38 bits per heavy atom. The Balaban J connectivity index is 3.29. The highest BCUT2D eigenvalue weighted by atomic mass is 16.5. The lowest BCUT2D eigenvalue weighted by Crippen LogP contribution is -2.35. The van der Waals surface area contributed by atoms with Gasteiger partial charge in [0, 0.05) is 6.07 Å². The number of hydrogen-bond donors (Lipinski definition) is 0. The second kappa shape index (κ2) is 4.33. The highest BCUT2D eigenvalue weighted by Gasteiger charge is 2.19. The van der Waals surface area contributed by atoms with Crippen LogP contribution in [0.25, 0.3) is 0 Å². The Morgan fingerprint density at radius 2 is 2.00 bits per heavy atom. The molecular formula is C12H15N2O2+. The largest absolute Gasteiger partial charge is 0.465 e. The second-order valence-corrected chi connectivity index (χ2v) is 4.35.